The van der Waals surface area contributed by atoms with E-state index >= 15 is 0 Å². The number of anilines is 2. The van der Waals surface area contributed by atoms with Crippen molar-refractivity contribution in [1.29, 1.82) is 0 Å². The molecule has 1 amide bonds. The fourth-order valence-electron chi connectivity index (χ4n) is 2.54. The normalized spacial score (nSPS) is 15.7. The number of nitrogens with zero attached hydrogens (tertiary/aromatic N) is 1. The van der Waals surface area contributed by atoms with Crippen molar-refractivity contribution in [3.05, 3.63) is 48.4 Å². The molecule has 2 heterocycles. The lowest BCUT2D eigenvalue weighted by atomic mass is 10.1. The van der Waals surface area contributed by atoms with Gasteiger partial charge in [-0.15, -0.1) is 0 Å². The van der Waals surface area contributed by atoms with Crippen LogP contribution in [0.25, 0.3) is 0 Å². The first-order chi connectivity index (χ1) is 10.7. The van der Waals surface area contributed by atoms with Gasteiger partial charge in [-0.25, -0.2) is 4.79 Å². The third-order valence-electron chi connectivity index (χ3n) is 3.76. The molecule has 0 radical (unpaired) electrons. The van der Waals surface area contributed by atoms with Crippen molar-refractivity contribution in [2.24, 2.45) is 0 Å². The van der Waals surface area contributed by atoms with Crippen LogP contribution in [0.4, 0.5) is 16.2 Å². The van der Waals surface area contributed by atoms with Crippen LogP contribution in [0.2, 0.25) is 0 Å². The molecule has 1 aromatic carbocycles. The minimum absolute atomic E-state index is 0.271. The van der Waals surface area contributed by atoms with Crippen LogP contribution in [0, 0.1) is 0 Å². The average Bonchev–Trinajstić information content (AvgIpc) is 3.17. The Hall–Kier alpha value is -2.43. The first-order valence-electron chi connectivity index (χ1n) is 7.55. The molecule has 0 bridgehead atoms. The number of hydrogen-bond acceptors (Lipinski definition) is 4. The Bertz CT molecular complexity index is 607. The zero-order valence-electron chi connectivity index (χ0n) is 12.6. The number of benzene rings is 1. The van der Waals surface area contributed by atoms with E-state index in [4.69, 9.17) is 9.15 Å². The molecule has 2 aromatic rings. The van der Waals surface area contributed by atoms with Crippen LogP contribution in [0.5, 0.6) is 0 Å². The van der Waals surface area contributed by atoms with E-state index in [9.17, 15) is 4.79 Å². The molecular weight excluding hydrogens is 280 g/mol. The summed E-state index contributed by atoms with van der Waals surface area (Å²) in [7, 11) is 0. The lowest BCUT2D eigenvalue weighted by Crippen LogP contribution is -2.23. The van der Waals surface area contributed by atoms with Gasteiger partial charge in [0.05, 0.1) is 12.8 Å². The van der Waals surface area contributed by atoms with Crippen LogP contribution in [-0.4, -0.2) is 25.3 Å². The Morgan fingerprint density at radius 3 is 2.73 bits per heavy atom. The zero-order chi connectivity index (χ0) is 15.4. The van der Waals surface area contributed by atoms with Crippen LogP contribution < -0.4 is 10.2 Å². The number of furan rings is 1. The van der Waals surface area contributed by atoms with Gasteiger partial charge in [-0.2, -0.15) is 0 Å². The largest absolute Gasteiger partial charge is 0.469 e. The quantitative estimate of drug-likeness (QED) is 0.884. The second kappa shape index (κ2) is 6.56. The summed E-state index contributed by atoms with van der Waals surface area (Å²) in [6.07, 6.45) is 3.34. The molecule has 0 aliphatic carbocycles. The topological polar surface area (TPSA) is 54.7 Å². The lowest BCUT2D eigenvalue weighted by molar-refractivity contribution is 0.181. The monoisotopic (exact) mass is 300 g/mol. The molecule has 1 N–H and O–H groups in total. The molecule has 22 heavy (non-hydrogen) atoms. The molecule has 1 aliphatic rings. The maximum absolute atomic E-state index is 11.5. The number of rotatable bonds is 6. The molecule has 1 unspecified atom stereocenters. The summed E-state index contributed by atoms with van der Waals surface area (Å²) in [5, 5.41) is 3.46. The van der Waals surface area contributed by atoms with Gasteiger partial charge < -0.3 is 14.5 Å². The molecule has 1 aliphatic heterocycles. The van der Waals surface area contributed by atoms with Gasteiger partial charge in [-0.3, -0.25) is 4.90 Å². The number of nitrogens with one attached hydrogen (secondary N) is 1. The van der Waals surface area contributed by atoms with Crippen molar-refractivity contribution >= 4 is 17.5 Å². The summed E-state index contributed by atoms with van der Waals surface area (Å²) in [6, 6.07) is 12.1. The highest BCUT2D eigenvalue weighted by Gasteiger charge is 2.23. The Labute approximate surface area is 129 Å². The summed E-state index contributed by atoms with van der Waals surface area (Å²) in [6.45, 7) is 3.22. The maximum atomic E-state index is 11.5. The Morgan fingerprint density at radius 2 is 2.09 bits per heavy atom. The highest BCUT2D eigenvalue weighted by Crippen LogP contribution is 2.21. The van der Waals surface area contributed by atoms with E-state index in [1.165, 1.54) is 0 Å². The van der Waals surface area contributed by atoms with Crippen molar-refractivity contribution in [2.75, 3.05) is 23.4 Å². The predicted molar refractivity (Wildman–Crippen MR) is 85.2 cm³/mol. The Kier molecular flexibility index (Phi) is 4.32. The Balaban J connectivity index is 1.53. The first-order valence-corrected chi connectivity index (χ1v) is 7.55. The summed E-state index contributed by atoms with van der Waals surface area (Å²) in [4.78, 5) is 13.2. The van der Waals surface area contributed by atoms with Crippen LogP contribution in [0.15, 0.2) is 47.1 Å². The fraction of sp³-hybridized carbons (Fsp3) is 0.353. The molecule has 0 spiro atoms. The second-order valence-corrected chi connectivity index (χ2v) is 5.48. The van der Waals surface area contributed by atoms with E-state index in [0.29, 0.717) is 19.2 Å². The van der Waals surface area contributed by atoms with E-state index in [2.05, 4.69) is 12.2 Å². The van der Waals surface area contributed by atoms with E-state index in [0.717, 1.165) is 30.0 Å². The highest BCUT2D eigenvalue weighted by atomic mass is 16.6. The summed E-state index contributed by atoms with van der Waals surface area (Å²) >= 11 is 0. The van der Waals surface area contributed by atoms with Crippen LogP contribution in [-0.2, 0) is 11.2 Å². The van der Waals surface area contributed by atoms with Crippen LogP contribution >= 0.6 is 0 Å². The van der Waals surface area contributed by atoms with Crippen molar-refractivity contribution in [3.8, 4) is 0 Å². The molecule has 3 rings (SSSR count). The third-order valence-corrected chi connectivity index (χ3v) is 3.76. The van der Waals surface area contributed by atoms with E-state index < -0.39 is 0 Å². The molecule has 1 aromatic heterocycles. The van der Waals surface area contributed by atoms with E-state index in [-0.39, 0.29) is 6.09 Å². The van der Waals surface area contributed by atoms with Crippen LogP contribution in [0.3, 0.4) is 0 Å². The van der Waals surface area contributed by atoms with Gasteiger partial charge in [0.1, 0.15) is 12.4 Å². The predicted octanol–water partition coefficient (Wildman–Crippen LogP) is 3.67. The molecule has 1 fully saturated rings. The van der Waals surface area contributed by atoms with Gasteiger partial charge in [-0.1, -0.05) is 0 Å². The minimum atomic E-state index is -0.271. The molecule has 1 atom stereocenters. The maximum Gasteiger partial charge on any atom is 0.414 e. The number of hydrogen-bond donors (Lipinski definition) is 1. The van der Waals surface area contributed by atoms with Crippen molar-refractivity contribution in [3.63, 3.8) is 0 Å². The van der Waals surface area contributed by atoms with Gasteiger partial charge in [0, 0.05) is 23.8 Å². The number of amides is 1. The number of aryl methyl sites for hydroxylation is 1. The zero-order valence-corrected chi connectivity index (χ0v) is 12.6. The minimum Gasteiger partial charge on any atom is -0.469 e. The Morgan fingerprint density at radius 1 is 1.27 bits per heavy atom. The van der Waals surface area contributed by atoms with E-state index in [1.807, 2.05) is 36.4 Å². The SMILES string of the molecule is CC(CCc1ccco1)Nc1ccc(N2CCOC2=O)cc1. The standard InChI is InChI=1S/C17H20N2O3/c1-13(4-9-16-3-2-11-21-16)18-14-5-7-15(8-6-14)19-10-12-22-17(19)20/h2-3,5-8,11,13,18H,4,9-10,12H2,1H3. The van der Waals surface area contributed by atoms with Gasteiger partial charge >= 0.3 is 6.09 Å². The number of ether oxygens (including phenoxy) is 1. The average molecular weight is 300 g/mol. The molecule has 1 saturated heterocycles. The van der Waals surface area contributed by atoms with Crippen LogP contribution in [0.1, 0.15) is 19.1 Å². The molecule has 5 nitrogen and oxygen atoms in total. The van der Waals surface area contributed by atoms with Crippen molar-refractivity contribution in [2.45, 2.75) is 25.8 Å². The third kappa shape index (κ3) is 3.42. The number of cyclic esters (lactones) is 1. The smallest absolute Gasteiger partial charge is 0.414 e. The van der Waals surface area contributed by atoms with E-state index in [1.54, 1.807) is 11.2 Å². The fourth-order valence-corrected chi connectivity index (χ4v) is 2.54. The second-order valence-electron chi connectivity index (χ2n) is 5.48. The molecule has 5 heteroatoms. The van der Waals surface area contributed by atoms with Crippen molar-refractivity contribution < 1.29 is 13.9 Å². The molecule has 116 valence electrons. The first kappa shape index (κ1) is 14.5. The molecular formula is C17H20N2O3. The summed E-state index contributed by atoms with van der Waals surface area (Å²) in [5.74, 6) is 1.01. The van der Waals surface area contributed by atoms with Gasteiger partial charge in [0.15, 0.2) is 0 Å². The van der Waals surface area contributed by atoms with Gasteiger partial charge in [-0.05, 0) is 49.7 Å². The summed E-state index contributed by atoms with van der Waals surface area (Å²) in [5.41, 5.74) is 1.92. The van der Waals surface area contributed by atoms with Crippen molar-refractivity contribution in [1.82, 2.24) is 0 Å². The highest BCUT2D eigenvalue weighted by molar-refractivity contribution is 5.89. The van der Waals surface area contributed by atoms with Gasteiger partial charge in [0.2, 0.25) is 0 Å². The number of carbonyl (C=O) groups excluding carboxylic acids is 1. The molecule has 0 saturated carbocycles. The number of carbonyl (C=O) groups is 1. The lowest BCUT2D eigenvalue weighted by Gasteiger charge is -2.17. The van der Waals surface area contributed by atoms with Gasteiger partial charge in [0.25, 0.3) is 0 Å². The summed E-state index contributed by atoms with van der Waals surface area (Å²) < 4.78 is 10.3.